The Kier molecular flexibility index (Phi) is 5.39. The predicted molar refractivity (Wildman–Crippen MR) is 144 cm³/mol. The summed E-state index contributed by atoms with van der Waals surface area (Å²) in [6.07, 6.45) is 7.58. The lowest BCUT2D eigenvalue weighted by molar-refractivity contribution is -0.122. The van der Waals surface area contributed by atoms with E-state index in [0.717, 1.165) is 19.3 Å². The molecule has 0 bridgehead atoms. The molecule has 8 nitrogen and oxygen atoms in total. The largest absolute Gasteiger partial charge is 0.336 e. The second-order valence-electron chi connectivity index (χ2n) is 9.65. The molecule has 10 heteroatoms. The van der Waals surface area contributed by atoms with Crippen molar-refractivity contribution < 1.29 is 13.6 Å². The SMILES string of the molecule is O=C(Nc1cncc(-c2ccc3[nH]nc(-c4nc5c(-c6ccc(F)cc6)nccc5[nH]4)c3c2F)c1)C1CCC1. The molecule has 7 rings (SSSR count). The van der Waals surface area contributed by atoms with Gasteiger partial charge in [0.25, 0.3) is 0 Å². The van der Waals surface area contributed by atoms with E-state index in [2.05, 4.69) is 30.5 Å². The van der Waals surface area contributed by atoms with Crippen molar-refractivity contribution >= 4 is 33.5 Å². The van der Waals surface area contributed by atoms with Crippen LogP contribution in [0.4, 0.5) is 14.5 Å². The number of hydrogen-bond acceptors (Lipinski definition) is 5. The van der Waals surface area contributed by atoms with Crippen LogP contribution in [0.15, 0.2) is 67.1 Å². The molecule has 3 N–H and O–H groups in total. The number of carbonyl (C=O) groups excluding carboxylic acids is 1. The lowest BCUT2D eigenvalue weighted by Gasteiger charge is -2.24. The zero-order valence-electron chi connectivity index (χ0n) is 20.5. The molecular weight excluding hydrogens is 500 g/mol. The first kappa shape index (κ1) is 23.2. The van der Waals surface area contributed by atoms with Crippen LogP contribution in [0.3, 0.4) is 0 Å². The number of hydrogen-bond donors (Lipinski definition) is 3. The third-order valence-corrected chi connectivity index (χ3v) is 7.20. The van der Waals surface area contributed by atoms with Gasteiger partial charge in [-0.3, -0.25) is 19.9 Å². The molecule has 0 spiro atoms. The summed E-state index contributed by atoms with van der Waals surface area (Å²) in [6, 6.07) is 12.9. The maximum absolute atomic E-state index is 16.1. The summed E-state index contributed by atoms with van der Waals surface area (Å²) in [7, 11) is 0. The lowest BCUT2D eigenvalue weighted by atomic mass is 9.85. The highest BCUT2D eigenvalue weighted by Crippen LogP contribution is 2.35. The van der Waals surface area contributed by atoms with Crippen molar-refractivity contribution in [2.45, 2.75) is 19.3 Å². The molecule has 4 heterocycles. The van der Waals surface area contributed by atoms with Crippen LogP contribution in [0.2, 0.25) is 0 Å². The van der Waals surface area contributed by atoms with Crippen molar-refractivity contribution in [1.82, 2.24) is 30.1 Å². The average molecular weight is 522 g/mol. The van der Waals surface area contributed by atoms with E-state index in [1.54, 1.807) is 55.0 Å². The van der Waals surface area contributed by atoms with Crippen LogP contribution >= 0.6 is 0 Å². The smallest absolute Gasteiger partial charge is 0.227 e. The van der Waals surface area contributed by atoms with Gasteiger partial charge in [0, 0.05) is 35.0 Å². The van der Waals surface area contributed by atoms with Gasteiger partial charge < -0.3 is 10.3 Å². The van der Waals surface area contributed by atoms with Gasteiger partial charge in [-0.05, 0) is 61.4 Å². The highest BCUT2D eigenvalue weighted by molar-refractivity contribution is 5.98. The zero-order valence-corrected chi connectivity index (χ0v) is 20.5. The number of aromatic nitrogens is 6. The number of aromatic amines is 2. The first-order valence-electron chi connectivity index (χ1n) is 12.6. The highest BCUT2D eigenvalue weighted by atomic mass is 19.1. The number of imidazole rings is 1. The first-order valence-corrected chi connectivity index (χ1v) is 12.6. The number of amides is 1. The number of nitrogens with zero attached hydrogens (tertiary/aromatic N) is 4. The molecule has 0 radical (unpaired) electrons. The highest BCUT2D eigenvalue weighted by Gasteiger charge is 2.25. The molecule has 4 aromatic heterocycles. The van der Waals surface area contributed by atoms with E-state index < -0.39 is 5.82 Å². The van der Waals surface area contributed by atoms with E-state index in [-0.39, 0.29) is 23.0 Å². The summed E-state index contributed by atoms with van der Waals surface area (Å²) < 4.78 is 29.6. The van der Waals surface area contributed by atoms with E-state index in [9.17, 15) is 9.18 Å². The molecule has 192 valence electrons. The molecule has 1 fully saturated rings. The average Bonchev–Trinajstić information content (AvgIpc) is 3.53. The van der Waals surface area contributed by atoms with Crippen molar-refractivity contribution in [2.75, 3.05) is 5.32 Å². The minimum Gasteiger partial charge on any atom is -0.336 e. The summed E-state index contributed by atoms with van der Waals surface area (Å²) in [5, 5.41) is 10.4. The Balaban J connectivity index is 1.29. The van der Waals surface area contributed by atoms with Crippen molar-refractivity contribution in [3.8, 4) is 33.9 Å². The molecule has 1 aliphatic rings. The molecule has 0 aliphatic heterocycles. The normalized spacial score (nSPS) is 13.6. The Bertz CT molecular complexity index is 1870. The molecule has 1 amide bonds. The van der Waals surface area contributed by atoms with Crippen LogP contribution in [0.1, 0.15) is 19.3 Å². The van der Waals surface area contributed by atoms with Crippen molar-refractivity contribution in [2.24, 2.45) is 5.92 Å². The summed E-state index contributed by atoms with van der Waals surface area (Å²) in [6.45, 7) is 0. The van der Waals surface area contributed by atoms with Crippen LogP contribution in [-0.4, -0.2) is 36.0 Å². The molecular formula is C29H21F2N7O. The Morgan fingerprint density at radius 3 is 2.59 bits per heavy atom. The van der Waals surface area contributed by atoms with E-state index >= 15 is 4.39 Å². The number of fused-ring (bicyclic) bond motifs is 2. The summed E-state index contributed by atoms with van der Waals surface area (Å²) >= 11 is 0. The Hall–Kier alpha value is -4.99. The topological polar surface area (TPSA) is 112 Å². The number of carbonyl (C=O) groups is 1. The van der Waals surface area contributed by atoms with E-state index in [1.165, 1.54) is 12.1 Å². The number of H-pyrrole nitrogens is 2. The fourth-order valence-electron chi connectivity index (χ4n) is 4.90. The van der Waals surface area contributed by atoms with Gasteiger partial charge in [0.15, 0.2) is 5.82 Å². The molecule has 0 atom stereocenters. The number of rotatable bonds is 5. The van der Waals surface area contributed by atoms with Crippen molar-refractivity contribution in [3.63, 3.8) is 0 Å². The van der Waals surface area contributed by atoms with Crippen LogP contribution in [0.5, 0.6) is 0 Å². The Morgan fingerprint density at radius 2 is 1.79 bits per heavy atom. The number of anilines is 1. The predicted octanol–water partition coefficient (Wildman–Crippen LogP) is 6.25. The lowest BCUT2D eigenvalue weighted by Crippen LogP contribution is -2.28. The van der Waals surface area contributed by atoms with Gasteiger partial charge in [-0.15, -0.1) is 0 Å². The van der Waals surface area contributed by atoms with Crippen LogP contribution in [-0.2, 0) is 4.79 Å². The quantitative estimate of drug-likeness (QED) is 0.248. The van der Waals surface area contributed by atoms with Gasteiger partial charge >= 0.3 is 0 Å². The van der Waals surface area contributed by atoms with Crippen molar-refractivity contribution in [3.05, 3.63) is 78.8 Å². The maximum Gasteiger partial charge on any atom is 0.227 e. The van der Waals surface area contributed by atoms with Crippen LogP contribution < -0.4 is 5.32 Å². The van der Waals surface area contributed by atoms with Gasteiger partial charge in [0.1, 0.15) is 22.8 Å². The molecule has 1 aliphatic carbocycles. The fourth-order valence-corrected chi connectivity index (χ4v) is 4.90. The second-order valence-corrected chi connectivity index (χ2v) is 9.65. The number of halogens is 2. The van der Waals surface area contributed by atoms with E-state index in [0.29, 0.717) is 56.1 Å². The molecule has 2 aromatic carbocycles. The van der Waals surface area contributed by atoms with Gasteiger partial charge in [0.2, 0.25) is 5.91 Å². The standard InChI is InChI=1S/C29H21F2N7O/c30-18-6-4-15(5-7-18)25-26-22(10-11-33-25)35-28(36-26)27-23-21(37-38-27)9-8-20(24(23)31)17-12-19(14-32-13-17)34-29(39)16-2-1-3-16/h4-14,16H,1-3H2,(H,34,39)(H,35,36)(H,37,38). The van der Waals surface area contributed by atoms with E-state index in [1.807, 2.05) is 0 Å². The van der Waals surface area contributed by atoms with Gasteiger partial charge in [0.05, 0.1) is 34.0 Å². The summed E-state index contributed by atoms with van der Waals surface area (Å²) in [5.41, 5.74) is 4.72. The fraction of sp³-hybridized carbons (Fsp3) is 0.138. The Labute approximate surface area is 220 Å². The Morgan fingerprint density at radius 1 is 0.949 bits per heavy atom. The molecule has 0 saturated heterocycles. The maximum atomic E-state index is 16.1. The monoisotopic (exact) mass is 521 g/mol. The first-order chi connectivity index (χ1) is 19.0. The van der Waals surface area contributed by atoms with Crippen LogP contribution in [0.25, 0.3) is 55.8 Å². The zero-order chi connectivity index (χ0) is 26.5. The van der Waals surface area contributed by atoms with Crippen molar-refractivity contribution in [1.29, 1.82) is 0 Å². The van der Waals surface area contributed by atoms with Gasteiger partial charge in [-0.1, -0.05) is 6.42 Å². The minimum absolute atomic E-state index is 0.0258. The third-order valence-electron chi connectivity index (χ3n) is 7.20. The number of pyridine rings is 2. The van der Waals surface area contributed by atoms with E-state index in [4.69, 9.17) is 4.98 Å². The third kappa shape index (κ3) is 4.01. The summed E-state index contributed by atoms with van der Waals surface area (Å²) in [4.78, 5) is 29.0. The molecule has 39 heavy (non-hydrogen) atoms. The van der Waals surface area contributed by atoms with Gasteiger partial charge in [-0.2, -0.15) is 5.10 Å². The second kappa shape index (κ2) is 9.09. The molecule has 1 saturated carbocycles. The van der Waals surface area contributed by atoms with Crippen LogP contribution in [0, 0.1) is 17.6 Å². The molecule has 0 unspecified atom stereocenters. The molecule has 6 aromatic rings. The summed E-state index contributed by atoms with van der Waals surface area (Å²) in [5.74, 6) is -0.476. The minimum atomic E-state index is -0.488. The number of benzene rings is 2. The number of nitrogens with one attached hydrogen (secondary N) is 3. The van der Waals surface area contributed by atoms with Gasteiger partial charge in [-0.25, -0.2) is 13.8 Å².